The van der Waals surface area contributed by atoms with E-state index in [1.807, 2.05) is 0 Å². The molecule has 9 nitrogen and oxygen atoms in total. The molecule has 0 spiro atoms. The van der Waals surface area contributed by atoms with E-state index in [4.69, 9.17) is 4.74 Å². The maximum Gasteiger partial charge on any atom is 0.453 e. The molecule has 0 fully saturated rings. The number of esters is 1. The van der Waals surface area contributed by atoms with Gasteiger partial charge in [0.1, 0.15) is 0 Å². The number of Topliss-reactive ketones (excluding diaryl/α,β-unsaturated/α-hetero) is 2. The number of carbonyl (C=O) groups excluding carboxylic acids is 3. The first-order valence-corrected chi connectivity index (χ1v) is 10.5. The molecule has 3 rings (SSSR count). The monoisotopic (exact) mass is 479 g/mol. The SMILES string of the molecule is CC(=O)c1c(C)[nH]c(C(=O)C(C)OC(=O)CCc2c(C)nc3nc(C(F)(F)F)nn3c2C)c1C. The fourth-order valence-electron chi connectivity index (χ4n) is 3.95. The summed E-state index contributed by atoms with van der Waals surface area (Å²) in [6, 6.07) is 0. The van der Waals surface area contributed by atoms with Crippen molar-refractivity contribution in [2.24, 2.45) is 0 Å². The van der Waals surface area contributed by atoms with Crippen molar-refractivity contribution >= 4 is 23.3 Å². The number of H-pyrrole nitrogens is 1. The second-order valence-electron chi connectivity index (χ2n) is 8.08. The summed E-state index contributed by atoms with van der Waals surface area (Å²) in [5, 5.41) is 3.48. The first-order chi connectivity index (χ1) is 15.7. The van der Waals surface area contributed by atoms with Gasteiger partial charge in [-0.15, -0.1) is 5.10 Å². The van der Waals surface area contributed by atoms with Crippen molar-refractivity contribution in [1.29, 1.82) is 0 Å². The Balaban J connectivity index is 1.72. The van der Waals surface area contributed by atoms with Crippen molar-refractivity contribution in [2.75, 3.05) is 0 Å². The third-order valence-corrected chi connectivity index (χ3v) is 5.60. The molecule has 1 atom stereocenters. The largest absolute Gasteiger partial charge is 0.454 e. The van der Waals surface area contributed by atoms with Crippen molar-refractivity contribution < 1.29 is 32.3 Å². The number of fused-ring (bicyclic) bond motifs is 1. The summed E-state index contributed by atoms with van der Waals surface area (Å²) in [4.78, 5) is 47.3. The normalized spacial score (nSPS) is 12.7. The quantitative estimate of drug-likeness (QED) is 0.406. The van der Waals surface area contributed by atoms with E-state index in [0.717, 1.165) is 4.52 Å². The van der Waals surface area contributed by atoms with E-state index in [9.17, 15) is 27.6 Å². The summed E-state index contributed by atoms with van der Waals surface area (Å²) in [7, 11) is 0. The molecule has 0 aliphatic carbocycles. The molecule has 0 aliphatic heterocycles. The molecule has 1 N–H and O–H groups in total. The van der Waals surface area contributed by atoms with Gasteiger partial charge in [-0.1, -0.05) is 0 Å². The molecule has 3 heterocycles. The first kappa shape index (κ1) is 25.1. The number of nitrogens with one attached hydrogen (secondary N) is 1. The van der Waals surface area contributed by atoms with Crippen molar-refractivity contribution in [2.45, 2.75) is 66.7 Å². The van der Waals surface area contributed by atoms with E-state index >= 15 is 0 Å². The van der Waals surface area contributed by atoms with Crippen LogP contribution in [0.5, 0.6) is 0 Å². The number of alkyl halides is 3. The number of nitrogens with zero attached hydrogens (tertiary/aromatic N) is 4. The Morgan fingerprint density at radius 1 is 1.12 bits per heavy atom. The van der Waals surface area contributed by atoms with Gasteiger partial charge < -0.3 is 9.72 Å². The number of halogens is 3. The van der Waals surface area contributed by atoms with Crippen LogP contribution in [0.1, 0.15) is 75.1 Å². The number of aromatic nitrogens is 5. The maximum atomic E-state index is 12.9. The zero-order valence-corrected chi connectivity index (χ0v) is 19.5. The molecule has 0 bridgehead atoms. The summed E-state index contributed by atoms with van der Waals surface area (Å²) in [6.45, 7) is 9.32. The molecule has 0 saturated carbocycles. The number of ether oxygens (including phenoxy) is 1. The summed E-state index contributed by atoms with van der Waals surface area (Å²) >= 11 is 0. The number of hydrogen-bond donors (Lipinski definition) is 1. The van der Waals surface area contributed by atoms with E-state index in [1.54, 1.807) is 27.7 Å². The third-order valence-electron chi connectivity index (χ3n) is 5.60. The highest BCUT2D eigenvalue weighted by Crippen LogP contribution is 2.27. The van der Waals surface area contributed by atoms with E-state index in [-0.39, 0.29) is 30.1 Å². The first-order valence-electron chi connectivity index (χ1n) is 10.5. The average molecular weight is 479 g/mol. The van der Waals surface area contributed by atoms with Crippen LogP contribution in [0.15, 0.2) is 0 Å². The second-order valence-corrected chi connectivity index (χ2v) is 8.08. The number of aromatic amines is 1. The third kappa shape index (κ3) is 4.70. The Hall–Kier alpha value is -3.57. The fraction of sp³-hybridized carbons (Fsp3) is 0.455. The Bertz CT molecular complexity index is 1310. The second kappa shape index (κ2) is 8.99. The molecule has 0 amide bonds. The highest BCUT2D eigenvalue weighted by Gasteiger charge is 2.37. The Kier molecular flexibility index (Phi) is 6.63. The van der Waals surface area contributed by atoms with Crippen LogP contribution in [0, 0.1) is 27.7 Å². The molecule has 0 aromatic carbocycles. The molecule has 182 valence electrons. The highest BCUT2D eigenvalue weighted by molar-refractivity contribution is 6.05. The fourth-order valence-corrected chi connectivity index (χ4v) is 3.95. The Labute approximate surface area is 192 Å². The van der Waals surface area contributed by atoms with Crippen LogP contribution in [-0.4, -0.2) is 48.2 Å². The molecule has 0 radical (unpaired) electrons. The van der Waals surface area contributed by atoms with Gasteiger partial charge in [-0.2, -0.15) is 18.2 Å². The molecule has 0 saturated heterocycles. The Morgan fingerprint density at radius 3 is 2.32 bits per heavy atom. The number of ketones is 2. The van der Waals surface area contributed by atoms with Crippen LogP contribution < -0.4 is 0 Å². The van der Waals surface area contributed by atoms with Gasteiger partial charge in [-0.25, -0.2) is 9.50 Å². The van der Waals surface area contributed by atoms with Gasteiger partial charge >= 0.3 is 12.1 Å². The van der Waals surface area contributed by atoms with Crippen molar-refractivity contribution in [3.63, 3.8) is 0 Å². The minimum absolute atomic E-state index is 0.122. The van der Waals surface area contributed by atoms with Gasteiger partial charge in [0.25, 0.3) is 11.6 Å². The van der Waals surface area contributed by atoms with Crippen LogP contribution in [0.2, 0.25) is 0 Å². The lowest BCUT2D eigenvalue weighted by Crippen LogP contribution is -2.25. The van der Waals surface area contributed by atoms with Crippen LogP contribution in [0.4, 0.5) is 13.2 Å². The van der Waals surface area contributed by atoms with E-state index in [0.29, 0.717) is 33.8 Å². The summed E-state index contributed by atoms with van der Waals surface area (Å²) in [5.41, 5.74) is 3.00. The minimum atomic E-state index is -4.71. The topological polar surface area (TPSA) is 119 Å². The van der Waals surface area contributed by atoms with Gasteiger partial charge in [0, 0.05) is 29.1 Å². The number of carbonyl (C=O) groups is 3. The van der Waals surface area contributed by atoms with Gasteiger partial charge in [0.2, 0.25) is 5.78 Å². The van der Waals surface area contributed by atoms with Gasteiger partial charge in [-0.05, 0) is 59.1 Å². The Morgan fingerprint density at radius 2 is 1.76 bits per heavy atom. The lowest BCUT2D eigenvalue weighted by Gasteiger charge is -2.13. The molecule has 3 aromatic rings. The lowest BCUT2D eigenvalue weighted by molar-refractivity contribution is -0.146. The number of rotatable bonds is 7. The van der Waals surface area contributed by atoms with Gasteiger partial charge in [0.05, 0.1) is 5.69 Å². The lowest BCUT2D eigenvalue weighted by atomic mass is 10.0. The van der Waals surface area contributed by atoms with E-state index in [1.165, 1.54) is 13.8 Å². The van der Waals surface area contributed by atoms with Crippen LogP contribution in [-0.2, 0) is 22.1 Å². The molecule has 1 unspecified atom stereocenters. The summed E-state index contributed by atoms with van der Waals surface area (Å²) in [6.07, 6.45) is -5.82. The predicted molar refractivity (Wildman–Crippen MR) is 114 cm³/mol. The van der Waals surface area contributed by atoms with Crippen LogP contribution in [0.3, 0.4) is 0 Å². The predicted octanol–water partition coefficient (Wildman–Crippen LogP) is 3.65. The smallest absolute Gasteiger partial charge is 0.453 e. The van der Waals surface area contributed by atoms with Crippen LogP contribution >= 0.6 is 0 Å². The van der Waals surface area contributed by atoms with E-state index in [2.05, 4.69) is 20.1 Å². The van der Waals surface area contributed by atoms with Crippen molar-refractivity contribution in [3.05, 3.63) is 45.3 Å². The summed E-state index contributed by atoms with van der Waals surface area (Å²) in [5.74, 6) is -2.80. The molecule has 12 heteroatoms. The van der Waals surface area contributed by atoms with Crippen molar-refractivity contribution in [3.8, 4) is 0 Å². The molecule has 3 aromatic heterocycles. The van der Waals surface area contributed by atoms with Crippen molar-refractivity contribution in [1.82, 2.24) is 24.6 Å². The maximum absolute atomic E-state index is 12.9. The van der Waals surface area contributed by atoms with E-state index < -0.39 is 29.9 Å². The molecular formula is C22H24F3N5O4. The molecule has 34 heavy (non-hydrogen) atoms. The zero-order valence-electron chi connectivity index (χ0n) is 19.5. The minimum Gasteiger partial charge on any atom is -0.454 e. The molecule has 0 aliphatic rings. The standard InChI is InChI=1S/C22H24F3N5O4/c1-9-17(13(5)31)11(3)26-18(9)19(33)14(6)34-16(32)8-7-15-10(2)27-21-28-20(22(23,24)25)29-30(21)12(15)4/h14,26H,7-8H2,1-6H3. The number of aryl methyl sites for hydroxylation is 3. The highest BCUT2D eigenvalue weighted by atomic mass is 19.4. The summed E-state index contributed by atoms with van der Waals surface area (Å²) < 4.78 is 45.1. The van der Waals surface area contributed by atoms with Gasteiger partial charge in [-0.3, -0.25) is 14.4 Å². The zero-order chi connectivity index (χ0) is 25.5. The molecular weight excluding hydrogens is 455 g/mol. The number of hydrogen-bond acceptors (Lipinski definition) is 7. The van der Waals surface area contributed by atoms with Crippen LogP contribution in [0.25, 0.3) is 5.78 Å². The van der Waals surface area contributed by atoms with Gasteiger partial charge in [0.15, 0.2) is 11.9 Å². The average Bonchev–Trinajstić information content (AvgIpc) is 3.27.